The first kappa shape index (κ1) is 17.5. The quantitative estimate of drug-likeness (QED) is 0.510. The van der Waals surface area contributed by atoms with Crippen LogP contribution in [-0.4, -0.2) is 11.9 Å². The van der Waals surface area contributed by atoms with Crippen molar-refractivity contribution in [3.63, 3.8) is 0 Å². The van der Waals surface area contributed by atoms with E-state index in [4.69, 9.17) is 4.74 Å². The van der Waals surface area contributed by atoms with E-state index in [-0.39, 0.29) is 23.8 Å². The van der Waals surface area contributed by atoms with Crippen molar-refractivity contribution in [2.24, 2.45) is 35.5 Å². The molecule has 1 heterocycles. The third-order valence-electron chi connectivity index (χ3n) is 5.81. The first-order valence-electron chi connectivity index (χ1n) is 9.15. The summed E-state index contributed by atoms with van der Waals surface area (Å²) < 4.78 is 4.91. The molecule has 0 bridgehead atoms. The van der Waals surface area contributed by atoms with Gasteiger partial charge in [0.2, 0.25) is 0 Å². The summed E-state index contributed by atoms with van der Waals surface area (Å²) in [6.45, 7) is 9.11. The second-order valence-corrected chi connectivity index (χ2v) is 8.10. The van der Waals surface area contributed by atoms with Crippen LogP contribution < -0.4 is 0 Å². The van der Waals surface area contributed by atoms with Gasteiger partial charge in [-0.05, 0) is 42.9 Å². The fourth-order valence-electron chi connectivity index (χ4n) is 4.29. The van der Waals surface area contributed by atoms with Crippen LogP contribution in [-0.2, 0) is 14.3 Å². The van der Waals surface area contributed by atoms with Gasteiger partial charge in [-0.15, -0.1) is 0 Å². The molecular weight excluding hydrogens is 276 g/mol. The maximum atomic E-state index is 12.0. The molecule has 22 heavy (non-hydrogen) atoms. The molecule has 3 heteroatoms. The molecule has 0 radical (unpaired) electrons. The van der Waals surface area contributed by atoms with Gasteiger partial charge in [-0.2, -0.15) is 0 Å². The first-order valence-corrected chi connectivity index (χ1v) is 9.15. The van der Waals surface area contributed by atoms with E-state index in [1.807, 2.05) is 0 Å². The smallest absolute Gasteiger partial charge is 0.317 e. The van der Waals surface area contributed by atoms with Gasteiger partial charge in [0, 0.05) is 0 Å². The van der Waals surface area contributed by atoms with Crippen LogP contribution in [0, 0.1) is 35.5 Å². The molecule has 1 aliphatic carbocycles. The predicted octanol–water partition coefficient (Wildman–Crippen LogP) is 4.59. The summed E-state index contributed by atoms with van der Waals surface area (Å²) in [5.74, 6) is 1.54. The van der Waals surface area contributed by atoms with Crippen molar-refractivity contribution >= 4 is 11.9 Å². The Morgan fingerprint density at radius 3 is 2.45 bits per heavy atom. The Hall–Kier alpha value is -0.860. The molecule has 0 aromatic rings. The van der Waals surface area contributed by atoms with Crippen molar-refractivity contribution in [2.75, 3.05) is 0 Å². The Balaban J connectivity index is 1.84. The van der Waals surface area contributed by atoms with Gasteiger partial charge in [0.15, 0.2) is 0 Å². The SMILES string of the molecule is CC(C)CCCC(C)CCC1C(C)CCC2C(=O)OC(=O)C21. The standard InChI is InChI=1S/C19H32O3/c1-12(2)6-5-7-13(3)8-10-15-14(4)9-11-16-17(15)19(21)22-18(16)20/h12-17H,5-11H2,1-4H3. The van der Waals surface area contributed by atoms with E-state index in [9.17, 15) is 9.59 Å². The van der Waals surface area contributed by atoms with Gasteiger partial charge in [-0.3, -0.25) is 9.59 Å². The first-order chi connectivity index (χ1) is 10.4. The zero-order valence-corrected chi connectivity index (χ0v) is 14.6. The van der Waals surface area contributed by atoms with Gasteiger partial charge in [0.1, 0.15) is 0 Å². The van der Waals surface area contributed by atoms with Crippen molar-refractivity contribution in [1.29, 1.82) is 0 Å². The number of esters is 2. The fraction of sp³-hybridized carbons (Fsp3) is 0.895. The number of ether oxygens (including phenoxy) is 1. The summed E-state index contributed by atoms with van der Waals surface area (Å²) in [4.78, 5) is 23.8. The van der Waals surface area contributed by atoms with Gasteiger partial charge in [-0.25, -0.2) is 0 Å². The average Bonchev–Trinajstić information content (AvgIpc) is 2.72. The van der Waals surface area contributed by atoms with Crippen molar-refractivity contribution in [3.05, 3.63) is 0 Å². The van der Waals surface area contributed by atoms with Crippen LogP contribution in [0.5, 0.6) is 0 Å². The van der Waals surface area contributed by atoms with E-state index < -0.39 is 0 Å². The number of rotatable bonds is 7. The van der Waals surface area contributed by atoms with Crippen LogP contribution in [0.1, 0.15) is 72.6 Å². The molecule has 2 fully saturated rings. The molecule has 0 N–H and O–H groups in total. The highest BCUT2D eigenvalue weighted by Crippen LogP contribution is 2.45. The Kier molecular flexibility index (Phi) is 6.05. The molecule has 2 rings (SSSR count). The van der Waals surface area contributed by atoms with Crippen LogP contribution in [0.3, 0.4) is 0 Å². The molecular formula is C19H32O3. The van der Waals surface area contributed by atoms with Crippen molar-refractivity contribution in [2.45, 2.75) is 72.6 Å². The van der Waals surface area contributed by atoms with Crippen LogP contribution in [0.25, 0.3) is 0 Å². The Bertz CT molecular complexity index is 401. The molecule has 5 unspecified atom stereocenters. The van der Waals surface area contributed by atoms with Gasteiger partial charge in [0.05, 0.1) is 11.8 Å². The third-order valence-corrected chi connectivity index (χ3v) is 5.81. The van der Waals surface area contributed by atoms with Crippen LogP contribution in [0.2, 0.25) is 0 Å². The lowest BCUT2D eigenvalue weighted by Crippen LogP contribution is -2.35. The second kappa shape index (κ2) is 7.61. The lowest BCUT2D eigenvalue weighted by atomic mass is 9.66. The van der Waals surface area contributed by atoms with Crippen molar-refractivity contribution < 1.29 is 14.3 Å². The zero-order valence-electron chi connectivity index (χ0n) is 14.6. The Labute approximate surface area is 135 Å². The second-order valence-electron chi connectivity index (χ2n) is 8.10. The minimum Gasteiger partial charge on any atom is -0.393 e. The Morgan fingerprint density at radius 1 is 1.05 bits per heavy atom. The molecule has 1 saturated carbocycles. The van der Waals surface area contributed by atoms with Crippen LogP contribution in [0.15, 0.2) is 0 Å². The molecule has 1 aliphatic heterocycles. The minimum atomic E-state index is -0.267. The summed E-state index contributed by atoms with van der Waals surface area (Å²) in [5, 5.41) is 0. The number of fused-ring (bicyclic) bond motifs is 1. The maximum absolute atomic E-state index is 12.0. The fourth-order valence-corrected chi connectivity index (χ4v) is 4.29. The molecule has 0 aromatic carbocycles. The van der Waals surface area contributed by atoms with E-state index in [0.29, 0.717) is 17.8 Å². The predicted molar refractivity (Wildman–Crippen MR) is 87.1 cm³/mol. The molecule has 126 valence electrons. The van der Waals surface area contributed by atoms with E-state index in [0.717, 1.165) is 31.6 Å². The van der Waals surface area contributed by atoms with Gasteiger partial charge in [0.25, 0.3) is 0 Å². The molecule has 0 aromatic heterocycles. The van der Waals surface area contributed by atoms with Gasteiger partial charge in [-0.1, -0.05) is 53.4 Å². The van der Waals surface area contributed by atoms with Crippen LogP contribution >= 0.6 is 0 Å². The monoisotopic (exact) mass is 308 g/mol. The molecule has 0 spiro atoms. The number of cyclic esters (lactones) is 2. The van der Waals surface area contributed by atoms with Gasteiger partial charge < -0.3 is 4.74 Å². The highest BCUT2D eigenvalue weighted by molar-refractivity contribution is 5.96. The van der Waals surface area contributed by atoms with E-state index in [2.05, 4.69) is 27.7 Å². The highest BCUT2D eigenvalue weighted by Gasteiger charge is 2.51. The van der Waals surface area contributed by atoms with Gasteiger partial charge >= 0.3 is 11.9 Å². The summed E-state index contributed by atoms with van der Waals surface area (Å²) in [6, 6.07) is 0. The number of hydrogen-bond donors (Lipinski definition) is 0. The summed E-state index contributed by atoms with van der Waals surface area (Å²) in [5.41, 5.74) is 0. The molecule has 1 saturated heterocycles. The average molecular weight is 308 g/mol. The van der Waals surface area contributed by atoms with Crippen LogP contribution in [0.4, 0.5) is 0 Å². The highest BCUT2D eigenvalue weighted by atomic mass is 16.6. The van der Waals surface area contributed by atoms with Crippen molar-refractivity contribution in [3.8, 4) is 0 Å². The molecule has 2 aliphatic rings. The number of carbonyl (C=O) groups excluding carboxylic acids is 2. The molecule has 5 atom stereocenters. The maximum Gasteiger partial charge on any atom is 0.317 e. The van der Waals surface area contributed by atoms with E-state index in [1.165, 1.54) is 19.3 Å². The zero-order chi connectivity index (χ0) is 16.3. The minimum absolute atomic E-state index is 0.148. The summed E-state index contributed by atoms with van der Waals surface area (Å²) in [7, 11) is 0. The molecule has 0 amide bonds. The summed E-state index contributed by atoms with van der Waals surface area (Å²) >= 11 is 0. The number of hydrogen-bond acceptors (Lipinski definition) is 3. The lowest BCUT2D eigenvalue weighted by Gasteiger charge is -2.35. The largest absolute Gasteiger partial charge is 0.393 e. The third kappa shape index (κ3) is 4.11. The number of carbonyl (C=O) groups is 2. The summed E-state index contributed by atoms with van der Waals surface area (Å²) in [6.07, 6.45) is 7.98. The normalized spacial score (nSPS) is 33.0. The van der Waals surface area contributed by atoms with Crippen molar-refractivity contribution in [1.82, 2.24) is 0 Å². The Morgan fingerprint density at radius 2 is 1.77 bits per heavy atom. The van der Waals surface area contributed by atoms with E-state index in [1.54, 1.807) is 0 Å². The van der Waals surface area contributed by atoms with E-state index >= 15 is 0 Å². The topological polar surface area (TPSA) is 43.4 Å². The lowest BCUT2D eigenvalue weighted by molar-refractivity contribution is -0.154. The molecule has 3 nitrogen and oxygen atoms in total.